The van der Waals surface area contributed by atoms with Gasteiger partial charge in [0.05, 0.1) is 23.3 Å². The summed E-state index contributed by atoms with van der Waals surface area (Å²) in [5.41, 5.74) is 3.87. The Balaban J connectivity index is 1.60. The third-order valence-corrected chi connectivity index (χ3v) is 6.59. The van der Waals surface area contributed by atoms with Crippen LogP contribution in [0.5, 0.6) is 0 Å². The lowest BCUT2D eigenvalue weighted by Gasteiger charge is -2.26. The molecule has 2 aromatic heterocycles. The van der Waals surface area contributed by atoms with Crippen molar-refractivity contribution in [3.63, 3.8) is 0 Å². The number of benzene rings is 2. The number of hydrogen-bond acceptors (Lipinski definition) is 4. The number of aryl methyl sites for hydroxylation is 2. The fourth-order valence-corrected chi connectivity index (χ4v) is 4.72. The van der Waals surface area contributed by atoms with Crippen molar-refractivity contribution in [2.45, 2.75) is 52.1 Å². The van der Waals surface area contributed by atoms with E-state index in [9.17, 15) is 9.59 Å². The SMILES string of the molecule is Cc1ccc2oc3c(c(=O)c2c1)[C@@H](c1ccc(C(C)(C)C)cc1)N(CCCn1ccnc1)C3=O. The molecule has 0 saturated carbocycles. The smallest absolute Gasteiger partial charge is 0.290 e. The van der Waals surface area contributed by atoms with Gasteiger partial charge in [-0.15, -0.1) is 0 Å². The fraction of sp³-hybridized carbons (Fsp3) is 0.321. The third kappa shape index (κ3) is 3.83. The zero-order valence-corrected chi connectivity index (χ0v) is 20.0. The first-order chi connectivity index (χ1) is 16.2. The normalized spacial score (nSPS) is 15.8. The standard InChI is InChI=1S/C28H29N3O3/c1-18-6-11-22-21(16-18)25(32)23-24(19-7-9-20(10-8-19)28(2,3)4)31(27(33)26(23)34-22)14-5-13-30-15-12-29-17-30/h6-12,15-17,24H,5,13-14H2,1-4H3/t24-/m1/s1. The molecule has 0 spiro atoms. The summed E-state index contributed by atoms with van der Waals surface area (Å²) in [7, 11) is 0. The highest BCUT2D eigenvalue weighted by atomic mass is 16.3. The summed E-state index contributed by atoms with van der Waals surface area (Å²) in [6.45, 7) is 9.69. The highest BCUT2D eigenvalue weighted by molar-refractivity contribution is 5.99. The topological polar surface area (TPSA) is 68.3 Å². The highest BCUT2D eigenvalue weighted by Crippen LogP contribution is 2.39. The molecule has 1 atom stereocenters. The molecule has 0 saturated heterocycles. The summed E-state index contributed by atoms with van der Waals surface area (Å²) in [6, 6.07) is 13.3. The van der Waals surface area contributed by atoms with E-state index in [4.69, 9.17) is 4.42 Å². The van der Waals surface area contributed by atoms with Crippen molar-refractivity contribution in [1.29, 1.82) is 0 Å². The van der Waals surface area contributed by atoms with Crippen LogP contribution in [-0.4, -0.2) is 26.9 Å². The number of rotatable bonds is 5. The average molecular weight is 456 g/mol. The second-order valence-electron chi connectivity index (χ2n) is 10.1. The molecule has 3 heterocycles. The van der Waals surface area contributed by atoms with Crippen LogP contribution in [0.1, 0.15) is 66.0 Å². The van der Waals surface area contributed by atoms with Crippen molar-refractivity contribution in [2.24, 2.45) is 0 Å². The van der Waals surface area contributed by atoms with Crippen LogP contribution in [0.2, 0.25) is 0 Å². The molecule has 0 fully saturated rings. The van der Waals surface area contributed by atoms with E-state index < -0.39 is 6.04 Å². The first-order valence-corrected chi connectivity index (χ1v) is 11.7. The van der Waals surface area contributed by atoms with Crippen molar-refractivity contribution in [1.82, 2.24) is 14.5 Å². The van der Waals surface area contributed by atoms with Gasteiger partial charge in [0.25, 0.3) is 5.91 Å². The number of fused-ring (bicyclic) bond motifs is 2. The monoisotopic (exact) mass is 455 g/mol. The van der Waals surface area contributed by atoms with Crippen LogP contribution >= 0.6 is 0 Å². The van der Waals surface area contributed by atoms with Crippen LogP contribution in [-0.2, 0) is 12.0 Å². The third-order valence-electron chi connectivity index (χ3n) is 6.59. The zero-order valence-electron chi connectivity index (χ0n) is 20.0. The number of aromatic nitrogens is 2. The van der Waals surface area contributed by atoms with Crippen molar-refractivity contribution < 1.29 is 9.21 Å². The van der Waals surface area contributed by atoms with E-state index in [1.807, 2.05) is 42.0 Å². The van der Waals surface area contributed by atoms with Crippen molar-refractivity contribution >= 4 is 16.9 Å². The molecule has 0 N–H and O–H groups in total. The lowest BCUT2D eigenvalue weighted by molar-refractivity contribution is 0.0723. The Hall–Kier alpha value is -3.67. The maximum Gasteiger partial charge on any atom is 0.290 e. The lowest BCUT2D eigenvalue weighted by Crippen LogP contribution is -2.31. The minimum absolute atomic E-state index is 0.0131. The Bertz CT molecular complexity index is 1410. The van der Waals surface area contributed by atoms with E-state index in [0.717, 1.165) is 24.1 Å². The molecule has 0 unspecified atom stereocenters. The summed E-state index contributed by atoms with van der Waals surface area (Å²) in [5, 5.41) is 0.517. The predicted octanol–water partition coefficient (Wildman–Crippen LogP) is 5.23. The van der Waals surface area contributed by atoms with Gasteiger partial charge in [0.15, 0.2) is 5.43 Å². The van der Waals surface area contributed by atoms with E-state index in [1.165, 1.54) is 5.56 Å². The number of carbonyl (C=O) groups excluding carboxylic acids is 1. The summed E-state index contributed by atoms with van der Waals surface area (Å²) in [4.78, 5) is 33.1. The van der Waals surface area contributed by atoms with Crippen molar-refractivity contribution in [3.05, 3.63) is 99.4 Å². The quantitative estimate of drug-likeness (QED) is 0.413. The van der Waals surface area contributed by atoms with E-state index in [2.05, 4.69) is 37.9 Å². The van der Waals surface area contributed by atoms with Gasteiger partial charge in [-0.3, -0.25) is 9.59 Å². The predicted molar refractivity (Wildman–Crippen MR) is 132 cm³/mol. The highest BCUT2D eigenvalue weighted by Gasteiger charge is 2.42. The van der Waals surface area contributed by atoms with E-state index in [-0.39, 0.29) is 22.5 Å². The number of carbonyl (C=O) groups is 1. The molecule has 1 aliphatic heterocycles. The Morgan fingerprint density at radius 2 is 1.79 bits per heavy atom. The van der Waals surface area contributed by atoms with Crippen LogP contribution in [0, 0.1) is 6.92 Å². The van der Waals surface area contributed by atoms with Crippen molar-refractivity contribution in [2.75, 3.05) is 6.54 Å². The van der Waals surface area contributed by atoms with Gasteiger partial charge in [-0.05, 0) is 42.0 Å². The molecule has 6 heteroatoms. The van der Waals surface area contributed by atoms with Gasteiger partial charge in [0, 0.05) is 25.5 Å². The minimum Gasteiger partial charge on any atom is -0.450 e. The van der Waals surface area contributed by atoms with Gasteiger partial charge < -0.3 is 13.9 Å². The van der Waals surface area contributed by atoms with E-state index in [1.54, 1.807) is 23.5 Å². The molecule has 5 rings (SSSR count). The summed E-state index contributed by atoms with van der Waals surface area (Å²) >= 11 is 0. The van der Waals surface area contributed by atoms with E-state index in [0.29, 0.717) is 23.1 Å². The maximum atomic E-state index is 13.7. The van der Waals surface area contributed by atoms with Gasteiger partial charge in [-0.1, -0.05) is 56.7 Å². The summed E-state index contributed by atoms with van der Waals surface area (Å²) < 4.78 is 8.05. The fourth-order valence-electron chi connectivity index (χ4n) is 4.72. The largest absolute Gasteiger partial charge is 0.450 e. The van der Waals surface area contributed by atoms with Crippen LogP contribution in [0.4, 0.5) is 0 Å². The number of nitrogens with zero attached hydrogens (tertiary/aromatic N) is 3. The Morgan fingerprint density at radius 3 is 2.47 bits per heavy atom. The zero-order chi connectivity index (χ0) is 24.0. The van der Waals surface area contributed by atoms with E-state index >= 15 is 0 Å². The first-order valence-electron chi connectivity index (χ1n) is 11.7. The Labute approximate surface area is 198 Å². The van der Waals surface area contributed by atoms with Gasteiger partial charge in [0.2, 0.25) is 5.76 Å². The maximum absolute atomic E-state index is 13.7. The second kappa shape index (κ2) is 8.28. The molecule has 1 aliphatic rings. The molecule has 0 aliphatic carbocycles. The molecule has 174 valence electrons. The molecule has 34 heavy (non-hydrogen) atoms. The lowest BCUT2D eigenvalue weighted by atomic mass is 9.86. The van der Waals surface area contributed by atoms with Crippen LogP contribution in [0.25, 0.3) is 11.0 Å². The van der Waals surface area contributed by atoms with Crippen molar-refractivity contribution in [3.8, 4) is 0 Å². The van der Waals surface area contributed by atoms with Gasteiger partial charge in [0.1, 0.15) is 5.58 Å². The average Bonchev–Trinajstić information content (AvgIpc) is 3.41. The van der Waals surface area contributed by atoms with Gasteiger partial charge >= 0.3 is 0 Å². The van der Waals surface area contributed by atoms with Gasteiger partial charge in [-0.2, -0.15) is 0 Å². The number of amides is 1. The summed E-state index contributed by atoms with van der Waals surface area (Å²) in [6.07, 6.45) is 6.15. The Morgan fingerprint density at radius 1 is 1.03 bits per heavy atom. The molecular weight excluding hydrogens is 426 g/mol. The minimum atomic E-state index is -0.472. The van der Waals surface area contributed by atoms with Gasteiger partial charge in [-0.25, -0.2) is 4.98 Å². The number of imidazole rings is 1. The molecule has 6 nitrogen and oxygen atoms in total. The Kier molecular flexibility index (Phi) is 5.39. The first kappa shape index (κ1) is 22.1. The summed E-state index contributed by atoms with van der Waals surface area (Å²) in [5.74, 6) is -0.0704. The molecule has 0 bridgehead atoms. The molecule has 4 aromatic rings. The second-order valence-corrected chi connectivity index (χ2v) is 10.1. The number of hydrogen-bond donors (Lipinski definition) is 0. The van der Waals surface area contributed by atoms with Crippen LogP contribution < -0.4 is 5.43 Å². The van der Waals surface area contributed by atoms with Crippen LogP contribution in [0.3, 0.4) is 0 Å². The molecule has 0 radical (unpaired) electrons. The van der Waals surface area contributed by atoms with Crippen LogP contribution in [0.15, 0.2) is 70.4 Å². The molecular formula is C28H29N3O3. The molecule has 2 aromatic carbocycles. The molecule has 1 amide bonds.